The zero-order chi connectivity index (χ0) is 9.68. The number of aromatic nitrogens is 1. The third kappa shape index (κ3) is 3.77. The second-order valence-electron chi connectivity index (χ2n) is 3.20. The second kappa shape index (κ2) is 5.22. The van der Waals surface area contributed by atoms with Crippen LogP contribution in [0.25, 0.3) is 0 Å². The molecule has 0 saturated carbocycles. The average Bonchev–Trinajstić information content (AvgIpc) is 2.09. The van der Waals surface area contributed by atoms with Crippen LogP contribution in [0.5, 0.6) is 0 Å². The van der Waals surface area contributed by atoms with Gasteiger partial charge in [0.1, 0.15) is 5.82 Å². The summed E-state index contributed by atoms with van der Waals surface area (Å²) in [6, 6.07) is 4.48. The molecule has 1 heterocycles. The van der Waals surface area contributed by atoms with E-state index in [4.69, 9.17) is 0 Å². The number of anilines is 1. The Balaban J connectivity index is 2.49. The molecule has 0 bridgehead atoms. The molecule has 0 aliphatic carbocycles. The Morgan fingerprint density at radius 1 is 1.54 bits per heavy atom. The number of hydrogen-bond acceptors (Lipinski definition) is 2. The summed E-state index contributed by atoms with van der Waals surface area (Å²) in [6.07, 6.45) is 4.18. The molecule has 0 aromatic carbocycles. The van der Waals surface area contributed by atoms with Gasteiger partial charge >= 0.3 is 0 Å². The van der Waals surface area contributed by atoms with Crippen LogP contribution in [0.3, 0.4) is 0 Å². The molecule has 0 spiro atoms. The molecule has 13 heavy (non-hydrogen) atoms. The van der Waals surface area contributed by atoms with Crippen LogP contribution in [-0.4, -0.2) is 11.0 Å². The van der Waals surface area contributed by atoms with Gasteiger partial charge in [-0.1, -0.05) is 13.3 Å². The zero-order valence-corrected chi connectivity index (χ0v) is 9.63. The van der Waals surface area contributed by atoms with Crippen molar-refractivity contribution in [2.45, 2.75) is 32.7 Å². The zero-order valence-electron chi connectivity index (χ0n) is 8.05. The van der Waals surface area contributed by atoms with Crippen molar-refractivity contribution < 1.29 is 0 Å². The molecule has 1 unspecified atom stereocenters. The van der Waals surface area contributed by atoms with E-state index in [2.05, 4.69) is 40.1 Å². The minimum absolute atomic E-state index is 0.499. The topological polar surface area (TPSA) is 24.9 Å². The summed E-state index contributed by atoms with van der Waals surface area (Å²) in [6.45, 7) is 4.36. The van der Waals surface area contributed by atoms with Crippen LogP contribution in [0.1, 0.15) is 26.7 Å². The minimum atomic E-state index is 0.499. The third-order valence-electron chi connectivity index (χ3n) is 1.84. The minimum Gasteiger partial charge on any atom is -0.368 e. The average molecular weight is 243 g/mol. The van der Waals surface area contributed by atoms with Gasteiger partial charge < -0.3 is 5.32 Å². The Bertz CT molecular complexity index is 246. The van der Waals surface area contributed by atoms with Gasteiger partial charge in [-0.25, -0.2) is 4.98 Å². The van der Waals surface area contributed by atoms with E-state index >= 15 is 0 Å². The van der Waals surface area contributed by atoms with Gasteiger partial charge in [-0.3, -0.25) is 0 Å². The molecular formula is C10H15BrN2. The van der Waals surface area contributed by atoms with Gasteiger partial charge in [-0.15, -0.1) is 0 Å². The van der Waals surface area contributed by atoms with Gasteiger partial charge in [0.05, 0.1) is 0 Å². The number of nitrogens with zero attached hydrogens (tertiary/aromatic N) is 1. The molecule has 1 aromatic heterocycles. The first-order valence-corrected chi connectivity index (χ1v) is 5.39. The highest BCUT2D eigenvalue weighted by atomic mass is 79.9. The molecule has 1 atom stereocenters. The Labute approximate surface area is 87.9 Å². The molecule has 0 aliphatic heterocycles. The first-order valence-electron chi connectivity index (χ1n) is 4.60. The number of nitrogens with one attached hydrogen (secondary N) is 1. The van der Waals surface area contributed by atoms with Gasteiger partial charge in [-0.2, -0.15) is 0 Å². The standard InChI is InChI=1S/C10H15BrN2/c1-3-4-8(2)13-10-6-5-9(11)7-12-10/h5-8H,3-4H2,1-2H3,(H,12,13). The lowest BCUT2D eigenvalue weighted by Gasteiger charge is -2.12. The maximum absolute atomic E-state index is 4.24. The Kier molecular flexibility index (Phi) is 4.22. The highest BCUT2D eigenvalue weighted by molar-refractivity contribution is 9.10. The molecular weight excluding hydrogens is 228 g/mol. The van der Waals surface area contributed by atoms with Crippen molar-refractivity contribution in [1.29, 1.82) is 0 Å². The van der Waals surface area contributed by atoms with E-state index < -0.39 is 0 Å². The second-order valence-corrected chi connectivity index (χ2v) is 4.11. The van der Waals surface area contributed by atoms with E-state index in [0.717, 1.165) is 10.3 Å². The first-order chi connectivity index (χ1) is 6.22. The molecule has 0 radical (unpaired) electrons. The molecule has 0 fully saturated rings. The normalized spacial score (nSPS) is 12.5. The van der Waals surface area contributed by atoms with Crippen LogP contribution in [0, 0.1) is 0 Å². The highest BCUT2D eigenvalue weighted by Gasteiger charge is 2.00. The van der Waals surface area contributed by atoms with Gasteiger partial charge in [0, 0.05) is 16.7 Å². The third-order valence-corrected chi connectivity index (χ3v) is 2.31. The van der Waals surface area contributed by atoms with Crippen molar-refractivity contribution >= 4 is 21.7 Å². The fourth-order valence-corrected chi connectivity index (χ4v) is 1.45. The monoisotopic (exact) mass is 242 g/mol. The molecule has 1 rings (SSSR count). The van der Waals surface area contributed by atoms with E-state index in [9.17, 15) is 0 Å². The van der Waals surface area contributed by atoms with Crippen molar-refractivity contribution in [3.63, 3.8) is 0 Å². The number of hydrogen-bond donors (Lipinski definition) is 1. The predicted molar refractivity (Wildman–Crippen MR) is 59.9 cm³/mol. The molecule has 1 aromatic rings. The molecule has 0 saturated heterocycles. The van der Waals surface area contributed by atoms with Crippen LogP contribution < -0.4 is 5.32 Å². The quantitative estimate of drug-likeness (QED) is 0.876. The Morgan fingerprint density at radius 2 is 2.31 bits per heavy atom. The molecule has 0 amide bonds. The lowest BCUT2D eigenvalue weighted by atomic mass is 10.2. The van der Waals surface area contributed by atoms with Crippen molar-refractivity contribution in [2.75, 3.05) is 5.32 Å². The van der Waals surface area contributed by atoms with Gasteiger partial charge in [0.15, 0.2) is 0 Å². The summed E-state index contributed by atoms with van der Waals surface area (Å²) in [5, 5.41) is 3.34. The van der Waals surface area contributed by atoms with Gasteiger partial charge in [-0.05, 0) is 41.4 Å². The number of rotatable bonds is 4. The molecule has 2 nitrogen and oxygen atoms in total. The Hall–Kier alpha value is -0.570. The van der Waals surface area contributed by atoms with Crippen LogP contribution in [-0.2, 0) is 0 Å². The van der Waals surface area contributed by atoms with Crippen LogP contribution in [0.15, 0.2) is 22.8 Å². The molecule has 72 valence electrons. The van der Waals surface area contributed by atoms with Gasteiger partial charge in [0.25, 0.3) is 0 Å². The van der Waals surface area contributed by atoms with Crippen molar-refractivity contribution in [1.82, 2.24) is 4.98 Å². The lowest BCUT2D eigenvalue weighted by molar-refractivity contribution is 0.687. The predicted octanol–water partition coefficient (Wildman–Crippen LogP) is 3.44. The molecule has 3 heteroatoms. The van der Waals surface area contributed by atoms with E-state index in [-0.39, 0.29) is 0 Å². The van der Waals surface area contributed by atoms with Crippen molar-refractivity contribution in [3.8, 4) is 0 Å². The van der Waals surface area contributed by atoms with Crippen LogP contribution >= 0.6 is 15.9 Å². The van der Waals surface area contributed by atoms with Crippen LogP contribution in [0.4, 0.5) is 5.82 Å². The largest absolute Gasteiger partial charge is 0.368 e. The fraction of sp³-hybridized carbons (Fsp3) is 0.500. The Morgan fingerprint density at radius 3 is 2.85 bits per heavy atom. The van der Waals surface area contributed by atoms with E-state index in [0.29, 0.717) is 6.04 Å². The summed E-state index contributed by atoms with van der Waals surface area (Å²) in [7, 11) is 0. The SMILES string of the molecule is CCCC(C)Nc1ccc(Br)cn1. The molecule has 1 N–H and O–H groups in total. The van der Waals surface area contributed by atoms with Crippen LogP contribution in [0.2, 0.25) is 0 Å². The summed E-state index contributed by atoms with van der Waals surface area (Å²) < 4.78 is 1.01. The highest BCUT2D eigenvalue weighted by Crippen LogP contribution is 2.12. The van der Waals surface area contributed by atoms with E-state index in [1.54, 1.807) is 6.20 Å². The fourth-order valence-electron chi connectivity index (χ4n) is 1.22. The number of halogens is 1. The maximum Gasteiger partial charge on any atom is 0.126 e. The smallest absolute Gasteiger partial charge is 0.126 e. The first kappa shape index (κ1) is 10.5. The number of pyridine rings is 1. The lowest BCUT2D eigenvalue weighted by Crippen LogP contribution is -2.15. The summed E-state index contributed by atoms with van der Waals surface area (Å²) >= 11 is 3.35. The molecule has 0 aliphatic rings. The summed E-state index contributed by atoms with van der Waals surface area (Å²) in [4.78, 5) is 4.24. The van der Waals surface area contributed by atoms with Crippen molar-refractivity contribution in [2.24, 2.45) is 0 Å². The van der Waals surface area contributed by atoms with E-state index in [1.807, 2.05) is 12.1 Å². The maximum atomic E-state index is 4.24. The van der Waals surface area contributed by atoms with E-state index in [1.165, 1.54) is 12.8 Å². The van der Waals surface area contributed by atoms with Gasteiger partial charge in [0.2, 0.25) is 0 Å². The summed E-state index contributed by atoms with van der Waals surface area (Å²) in [5.74, 6) is 0.948. The summed E-state index contributed by atoms with van der Waals surface area (Å²) in [5.41, 5.74) is 0. The van der Waals surface area contributed by atoms with Crippen molar-refractivity contribution in [3.05, 3.63) is 22.8 Å².